The van der Waals surface area contributed by atoms with Crippen molar-refractivity contribution in [3.63, 3.8) is 0 Å². The highest BCUT2D eigenvalue weighted by atomic mass is 35.5. The summed E-state index contributed by atoms with van der Waals surface area (Å²) in [6.07, 6.45) is 0. The Labute approximate surface area is 124 Å². The number of hydrogen-bond donors (Lipinski definition) is 3. The van der Waals surface area contributed by atoms with Crippen molar-refractivity contribution >= 4 is 46.3 Å². The van der Waals surface area contributed by atoms with E-state index in [0.717, 1.165) is 11.3 Å². The van der Waals surface area contributed by atoms with Crippen LogP contribution >= 0.6 is 22.9 Å². The Morgan fingerprint density at radius 2 is 1.95 bits per heavy atom. The number of rotatable bonds is 3. The number of carboxylic acid groups (broad SMARTS) is 1. The average molecular weight is 311 g/mol. The standard InChI is InChI=1S/C13H11ClN2O3S/c1-7-6-20-11(12(17)18)10(7)16-13(19)15-9-5-3-2-4-8(9)14/h2-6H,1H3,(H,17,18)(H2,15,16,19). The van der Waals surface area contributed by atoms with E-state index in [2.05, 4.69) is 10.6 Å². The summed E-state index contributed by atoms with van der Waals surface area (Å²) in [5.41, 5.74) is 1.45. The molecule has 0 fully saturated rings. The largest absolute Gasteiger partial charge is 0.477 e. The minimum absolute atomic E-state index is 0.0943. The lowest BCUT2D eigenvalue weighted by molar-refractivity contribution is 0.0703. The van der Waals surface area contributed by atoms with Crippen LogP contribution in [0.1, 0.15) is 15.2 Å². The molecule has 0 bridgehead atoms. The fourth-order valence-electron chi connectivity index (χ4n) is 1.59. The number of aromatic carboxylic acids is 1. The Morgan fingerprint density at radius 1 is 1.25 bits per heavy atom. The van der Waals surface area contributed by atoms with Crippen LogP contribution in [0.5, 0.6) is 0 Å². The average Bonchev–Trinajstić information content (AvgIpc) is 2.74. The number of urea groups is 1. The maximum atomic E-state index is 11.9. The number of thiophene rings is 1. The molecule has 0 atom stereocenters. The quantitative estimate of drug-likeness (QED) is 0.800. The molecule has 0 unspecified atom stereocenters. The van der Waals surface area contributed by atoms with E-state index in [0.29, 0.717) is 22.0 Å². The van der Waals surface area contributed by atoms with E-state index >= 15 is 0 Å². The van der Waals surface area contributed by atoms with E-state index in [-0.39, 0.29) is 4.88 Å². The molecule has 3 N–H and O–H groups in total. The maximum absolute atomic E-state index is 11.9. The number of benzene rings is 1. The molecule has 0 spiro atoms. The second-order valence-electron chi connectivity index (χ2n) is 3.99. The lowest BCUT2D eigenvalue weighted by atomic mass is 10.2. The number of carbonyl (C=O) groups excluding carboxylic acids is 1. The third-order valence-corrected chi connectivity index (χ3v) is 3.95. The zero-order chi connectivity index (χ0) is 14.7. The molecule has 2 aromatic rings. The summed E-state index contributed by atoms with van der Waals surface area (Å²) in [5.74, 6) is -1.07. The Kier molecular flexibility index (Phi) is 4.26. The number of hydrogen-bond acceptors (Lipinski definition) is 3. The Hall–Kier alpha value is -2.05. The highest BCUT2D eigenvalue weighted by Gasteiger charge is 2.17. The minimum Gasteiger partial charge on any atom is -0.477 e. The maximum Gasteiger partial charge on any atom is 0.348 e. The van der Waals surface area contributed by atoms with Gasteiger partial charge in [0.05, 0.1) is 16.4 Å². The van der Waals surface area contributed by atoms with Gasteiger partial charge in [0.1, 0.15) is 4.88 Å². The van der Waals surface area contributed by atoms with E-state index < -0.39 is 12.0 Å². The van der Waals surface area contributed by atoms with Crippen LogP contribution in [-0.2, 0) is 0 Å². The lowest BCUT2D eigenvalue weighted by Crippen LogP contribution is -2.21. The predicted octanol–water partition coefficient (Wildman–Crippen LogP) is 4.05. The molecule has 0 aliphatic heterocycles. The Bertz CT molecular complexity index is 669. The highest BCUT2D eigenvalue weighted by Crippen LogP contribution is 2.28. The van der Waals surface area contributed by atoms with Gasteiger partial charge in [0.2, 0.25) is 0 Å². The van der Waals surface area contributed by atoms with Crippen LogP contribution in [0.4, 0.5) is 16.2 Å². The van der Waals surface area contributed by atoms with Gasteiger partial charge in [0.25, 0.3) is 0 Å². The van der Waals surface area contributed by atoms with Gasteiger partial charge in [-0.05, 0) is 30.0 Å². The van der Waals surface area contributed by atoms with Crippen molar-refractivity contribution in [3.05, 3.63) is 45.1 Å². The van der Waals surface area contributed by atoms with Crippen molar-refractivity contribution in [2.75, 3.05) is 10.6 Å². The van der Waals surface area contributed by atoms with E-state index in [4.69, 9.17) is 16.7 Å². The third-order valence-electron chi connectivity index (χ3n) is 2.53. The van der Waals surface area contributed by atoms with Crippen LogP contribution in [0.25, 0.3) is 0 Å². The van der Waals surface area contributed by atoms with Crippen LogP contribution in [0.15, 0.2) is 29.6 Å². The number of nitrogens with one attached hydrogen (secondary N) is 2. The summed E-state index contributed by atoms with van der Waals surface area (Å²) in [6.45, 7) is 1.73. The summed E-state index contributed by atoms with van der Waals surface area (Å²) in [5, 5.41) is 16.2. The predicted molar refractivity (Wildman–Crippen MR) is 80.1 cm³/mol. The second-order valence-corrected chi connectivity index (χ2v) is 5.27. The first kappa shape index (κ1) is 14.4. The van der Waals surface area contributed by atoms with Gasteiger partial charge in [0.15, 0.2) is 0 Å². The number of amides is 2. The first-order valence-corrected chi connectivity index (χ1v) is 6.88. The van der Waals surface area contributed by atoms with Gasteiger partial charge in [-0.1, -0.05) is 23.7 Å². The van der Waals surface area contributed by atoms with Gasteiger partial charge >= 0.3 is 12.0 Å². The van der Waals surface area contributed by atoms with Crippen molar-refractivity contribution in [2.45, 2.75) is 6.92 Å². The molecule has 0 aliphatic carbocycles. The van der Waals surface area contributed by atoms with Crippen LogP contribution in [0, 0.1) is 6.92 Å². The number of para-hydroxylation sites is 1. The van der Waals surface area contributed by atoms with Crippen LogP contribution < -0.4 is 10.6 Å². The summed E-state index contributed by atoms with van der Waals surface area (Å²) in [6, 6.07) is 6.25. The molecule has 1 heterocycles. The van der Waals surface area contributed by atoms with Crippen LogP contribution in [0.2, 0.25) is 5.02 Å². The van der Waals surface area contributed by atoms with Crippen LogP contribution in [0.3, 0.4) is 0 Å². The van der Waals surface area contributed by atoms with Gasteiger partial charge in [-0.25, -0.2) is 9.59 Å². The first-order chi connectivity index (χ1) is 9.49. The van der Waals surface area contributed by atoms with Gasteiger partial charge in [0, 0.05) is 0 Å². The zero-order valence-electron chi connectivity index (χ0n) is 10.4. The van der Waals surface area contributed by atoms with Crippen molar-refractivity contribution in [3.8, 4) is 0 Å². The summed E-state index contributed by atoms with van der Waals surface area (Å²) in [7, 11) is 0. The topological polar surface area (TPSA) is 78.4 Å². The molecule has 2 rings (SSSR count). The van der Waals surface area contributed by atoms with E-state index in [1.54, 1.807) is 36.6 Å². The van der Waals surface area contributed by atoms with Gasteiger partial charge in [-0.3, -0.25) is 0 Å². The summed E-state index contributed by atoms with van der Waals surface area (Å²) < 4.78 is 0. The first-order valence-electron chi connectivity index (χ1n) is 5.63. The molecule has 0 saturated carbocycles. The van der Waals surface area contributed by atoms with Crippen LogP contribution in [-0.4, -0.2) is 17.1 Å². The number of carboxylic acids is 1. The molecule has 20 heavy (non-hydrogen) atoms. The number of halogens is 1. The lowest BCUT2D eigenvalue weighted by Gasteiger charge is -2.09. The van der Waals surface area contributed by atoms with Gasteiger partial charge in [-0.15, -0.1) is 11.3 Å². The summed E-state index contributed by atoms with van der Waals surface area (Å²) >= 11 is 7.00. The second kappa shape index (κ2) is 5.94. The van der Waals surface area contributed by atoms with Crippen molar-refractivity contribution in [1.82, 2.24) is 0 Å². The van der Waals surface area contributed by atoms with Gasteiger partial charge < -0.3 is 15.7 Å². The Balaban J connectivity index is 2.15. The smallest absolute Gasteiger partial charge is 0.348 e. The zero-order valence-corrected chi connectivity index (χ0v) is 12.0. The normalized spacial score (nSPS) is 10.1. The molecule has 0 aliphatic rings. The van der Waals surface area contributed by atoms with Crippen molar-refractivity contribution in [2.24, 2.45) is 0 Å². The number of aryl methyl sites for hydroxylation is 1. The fourth-order valence-corrected chi connectivity index (χ4v) is 2.61. The molecule has 7 heteroatoms. The molecular formula is C13H11ClN2O3S. The summed E-state index contributed by atoms with van der Waals surface area (Å²) in [4.78, 5) is 23.0. The van der Waals surface area contributed by atoms with Gasteiger partial charge in [-0.2, -0.15) is 0 Å². The van der Waals surface area contributed by atoms with E-state index in [1.807, 2.05) is 0 Å². The monoisotopic (exact) mass is 310 g/mol. The number of anilines is 2. The minimum atomic E-state index is -1.07. The number of carbonyl (C=O) groups is 2. The van der Waals surface area contributed by atoms with E-state index in [1.165, 1.54) is 0 Å². The fraction of sp³-hybridized carbons (Fsp3) is 0.0769. The van der Waals surface area contributed by atoms with E-state index in [9.17, 15) is 9.59 Å². The third kappa shape index (κ3) is 3.09. The molecule has 5 nitrogen and oxygen atoms in total. The molecule has 104 valence electrons. The molecule has 2 amide bonds. The molecular weight excluding hydrogens is 300 g/mol. The molecule has 1 aromatic carbocycles. The molecule has 0 saturated heterocycles. The van der Waals surface area contributed by atoms with Crippen molar-refractivity contribution < 1.29 is 14.7 Å². The highest BCUT2D eigenvalue weighted by molar-refractivity contribution is 7.12. The SMILES string of the molecule is Cc1csc(C(=O)O)c1NC(=O)Nc1ccccc1Cl. The van der Waals surface area contributed by atoms with Crippen molar-refractivity contribution in [1.29, 1.82) is 0 Å². The molecule has 0 radical (unpaired) electrons. The molecule has 1 aromatic heterocycles. The Morgan fingerprint density at radius 3 is 2.60 bits per heavy atom.